The Kier molecular flexibility index (Phi) is 5.53. The van der Waals surface area contributed by atoms with E-state index in [0.717, 1.165) is 16.4 Å². The number of halogens is 3. The Hall–Kier alpha value is -3.56. The third-order valence-electron chi connectivity index (χ3n) is 5.17. The molecular weight excluding hydrogens is 411 g/mol. The zero-order valence-corrected chi connectivity index (χ0v) is 16.6. The quantitative estimate of drug-likeness (QED) is 0.641. The minimum atomic E-state index is -4.54. The number of anilines is 1. The van der Waals surface area contributed by atoms with Crippen LogP contribution in [-0.4, -0.2) is 34.0 Å². The van der Waals surface area contributed by atoms with Crippen LogP contribution in [-0.2, 0) is 6.54 Å². The summed E-state index contributed by atoms with van der Waals surface area (Å²) in [6, 6.07) is 7.80. The molecule has 3 aromatic rings. The average molecular weight is 431 g/mol. The molecule has 2 aromatic heterocycles. The van der Waals surface area contributed by atoms with Crippen molar-refractivity contribution in [3.05, 3.63) is 71.7 Å². The van der Waals surface area contributed by atoms with Crippen molar-refractivity contribution in [2.75, 3.05) is 12.4 Å². The topological polar surface area (TPSA) is 81.1 Å². The predicted octanol–water partition coefficient (Wildman–Crippen LogP) is 3.88. The lowest BCUT2D eigenvalue weighted by atomic mass is 9.95. The number of carbonyl (C=O) groups excluding carboxylic acids is 1. The molecule has 0 unspecified atom stereocenters. The summed E-state index contributed by atoms with van der Waals surface area (Å²) in [7, 11) is 1.46. The van der Waals surface area contributed by atoms with E-state index in [4.69, 9.17) is 4.74 Å². The molecule has 0 fully saturated rings. The van der Waals surface area contributed by atoms with Crippen molar-refractivity contribution in [2.24, 2.45) is 0 Å². The number of carbonyl (C=O) groups is 1. The van der Waals surface area contributed by atoms with E-state index in [0.29, 0.717) is 11.3 Å². The van der Waals surface area contributed by atoms with Crippen molar-refractivity contribution < 1.29 is 22.7 Å². The summed E-state index contributed by atoms with van der Waals surface area (Å²) >= 11 is 0. The SMILES string of the molecule is COc1ccccc1[C@@H]1C[C@H](C(F)(F)F)n2ncc(C(=O)NCc3cccnc3)c2N1. The molecule has 10 heteroatoms. The zero-order valence-electron chi connectivity index (χ0n) is 16.6. The molecule has 4 rings (SSSR count). The van der Waals surface area contributed by atoms with Crippen molar-refractivity contribution in [1.82, 2.24) is 20.1 Å². The fourth-order valence-corrected chi connectivity index (χ4v) is 3.67. The first-order valence-corrected chi connectivity index (χ1v) is 9.59. The van der Waals surface area contributed by atoms with Gasteiger partial charge < -0.3 is 15.4 Å². The highest BCUT2D eigenvalue weighted by atomic mass is 19.4. The summed E-state index contributed by atoms with van der Waals surface area (Å²) in [6.07, 6.45) is -0.450. The Bertz CT molecular complexity index is 1070. The zero-order chi connectivity index (χ0) is 22.0. The van der Waals surface area contributed by atoms with Crippen molar-refractivity contribution >= 4 is 11.7 Å². The van der Waals surface area contributed by atoms with Gasteiger partial charge in [0.2, 0.25) is 0 Å². The van der Waals surface area contributed by atoms with Gasteiger partial charge in [-0.1, -0.05) is 24.3 Å². The number of alkyl halides is 3. The second kappa shape index (κ2) is 8.29. The predicted molar refractivity (Wildman–Crippen MR) is 107 cm³/mol. The van der Waals surface area contributed by atoms with E-state index in [1.54, 1.807) is 48.8 Å². The number of nitrogens with one attached hydrogen (secondary N) is 2. The number of para-hydroxylation sites is 1. The summed E-state index contributed by atoms with van der Waals surface area (Å²) < 4.78 is 47.7. The van der Waals surface area contributed by atoms with E-state index in [9.17, 15) is 18.0 Å². The van der Waals surface area contributed by atoms with E-state index in [1.165, 1.54) is 7.11 Å². The number of hydrogen-bond donors (Lipinski definition) is 2. The van der Waals surface area contributed by atoms with E-state index in [1.807, 2.05) is 0 Å². The van der Waals surface area contributed by atoms with Crippen LogP contribution in [0.4, 0.5) is 19.0 Å². The van der Waals surface area contributed by atoms with E-state index >= 15 is 0 Å². The molecule has 0 spiro atoms. The van der Waals surface area contributed by atoms with Gasteiger partial charge in [0, 0.05) is 30.9 Å². The first-order valence-electron chi connectivity index (χ1n) is 9.59. The van der Waals surface area contributed by atoms with Crippen LogP contribution < -0.4 is 15.4 Å². The lowest BCUT2D eigenvalue weighted by Crippen LogP contribution is -2.36. The van der Waals surface area contributed by atoms with Gasteiger partial charge in [-0.3, -0.25) is 9.78 Å². The maximum Gasteiger partial charge on any atom is 0.410 e. The molecule has 31 heavy (non-hydrogen) atoms. The molecule has 0 saturated carbocycles. The first-order chi connectivity index (χ1) is 14.9. The minimum absolute atomic E-state index is 0.0215. The van der Waals surface area contributed by atoms with E-state index in [-0.39, 0.29) is 24.3 Å². The number of pyridine rings is 1. The summed E-state index contributed by atoms with van der Waals surface area (Å²) in [4.78, 5) is 16.7. The number of aromatic nitrogens is 3. The van der Waals surface area contributed by atoms with Crippen LogP contribution in [0.3, 0.4) is 0 Å². The third kappa shape index (κ3) is 4.18. The van der Waals surface area contributed by atoms with E-state index < -0.39 is 24.2 Å². The Morgan fingerprint density at radius 1 is 1.26 bits per heavy atom. The Labute approximate surface area is 176 Å². The van der Waals surface area contributed by atoms with Crippen LogP contribution >= 0.6 is 0 Å². The molecule has 1 aromatic carbocycles. The maximum absolute atomic E-state index is 13.8. The van der Waals surface area contributed by atoms with Crippen molar-refractivity contribution in [3.8, 4) is 5.75 Å². The number of benzene rings is 1. The van der Waals surface area contributed by atoms with Gasteiger partial charge in [-0.15, -0.1) is 0 Å². The van der Waals surface area contributed by atoms with Gasteiger partial charge >= 0.3 is 6.18 Å². The summed E-state index contributed by atoms with van der Waals surface area (Å²) in [5.74, 6) is -0.0381. The van der Waals surface area contributed by atoms with Crippen LogP contribution in [0.2, 0.25) is 0 Å². The number of rotatable bonds is 5. The molecule has 1 aliphatic rings. The number of amides is 1. The van der Waals surface area contributed by atoms with Crippen LogP contribution in [0.25, 0.3) is 0 Å². The molecule has 0 aliphatic carbocycles. The largest absolute Gasteiger partial charge is 0.496 e. The van der Waals surface area contributed by atoms with Crippen LogP contribution in [0.15, 0.2) is 55.0 Å². The first kappa shape index (κ1) is 20.7. The van der Waals surface area contributed by atoms with Crippen molar-refractivity contribution in [1.29, 1.82) is 0 Å². The molecule has 2 N–H and O–H groups in total. The molecule has 0 bridgehead atoms. The Balaban J connectivity index is 1.65. The molecule has 7 nitrogen and oxygen atoms in total. The van der Waals surface area contributed by atoms with Crippen LogP contribution in [0, 0.1) is 0 Å². The molecule has 2 atom stereocenters. The molecule has 162 valence electrons. The maximum atomic E-state index is 13.8. The second-order valence-electron chi connectivity index (χ2n) is 7.13. The number of nitrogens with zero attached hydrogens (tertiary/aromatic N) is 3. The summed E-state index contributed by atoms with van der Waals surface area (Å²) in [5.41, 5.74) is 1.39. The molecular formula is C21H20F3N5O2. The number of ether oxygens (including phenoxy) is 1. The number of hydrogen-bond acceptors (Lipinski definition) is 5. The molecule has 0 radical (unpaired) electrons. The normalized spacial score (nSPS) is 18.1. The van der Waals surface area contributed by atoms with Gasteiger partial charge in [0.1, 0.15) is 17.1 Å². The Morgan fingerprint density at radius 3 is 2.77 bits per heavy atom. The lowest BCUT2D eigenvalue weighted by molar-refractivity contribution is -0.173. The number of methoxy groups -OCH3 is 1. The van der Waals surface area contributed by atoms with E-state index in [2.05, 4.69) is 20.7 Å². The summed E-state index contributed by atoms with van der Waals surface area (Å²) in [6.45, 7) is 0.190. The van der Waals surface area contributed by atoms with Gasteiger partial charge in [-0.25, -0.2) is 4.68 Å². The minimum Gasteiger partial charge on any atom is -0.496 e. The van der Waals surface area contributed by atoms with Gasteiger partial charge in [0.05, 0.1) is 19.3 Å². The summed E-state index contributed by atoms with van der Waals surface area (Å²) in [5, 5.41) is 9.65. The van der Waals surface area contributed by atoms with Gasteiger partial charge in [0.25, 0.3) is 5.91 Å². The van der Waals surface area contributed by atoms with Gasteiger partial charge in [-0.2, -0.15) is 18.3 Å². The highest BCUT2D eigenvalue weighted by Crippen LogP contribution is 2.45. The molecule has 3 heterocycles. The molecule has 0 saturated heterocycles. The fourth-order valence-electron chi connectivity index (χ4n) is 3.67. The van der Waals surface area contributed by atoms with Gasteiger partial charge in [0.15, 0.2) is 6.04 Å². The van der Waals surface area contributed by atoms with Crippen molar-refractivity contribution in [3.63, 3.8) is 0 Å². The lowest BCUT2D eigenvalue weighted by Gasteiger charge is -2.34. The average Bonchev–Trinajstić information content (AvgIpc) is 3.20. The monoisotopic (exact) mass is 431 g/mol. The third-order valence-corrected chi connectivity index (χ3v) is 5.17. The van der Waals surface area contributed by atoms with Gasteiger partial charge in [-0.05, 0) is 17.7 Å². The fraction of sp³-hybridized carbons (Fsp3) is 0.286. The van der Waals surface area contributed by atoms with Crippen LogP contribution in [0.1, 0.15) is 40.0 Å². The highest BCUT2D eigenvalue weighted by molar-refractivity contribution is 5.98. The molecule has 1 aliphatic heterocycles. The Morgan fingerprint density at radius 2 is 2.06 bits per heavy atom. The molecule has 1 amide bonds. The van der Waals surface area contributed by atoms with Crippen LogP contribution in [0.5, 0.6) is 5.75 Å². The highest BCUT2D eigenvalue weighted by Gasteiger charge is 2.47. The second-order valence-corrected chi connectivity index (χ2v) is 7.13. The number of fused-ring (bicyclic) bond motifs is 1. The smallest absolute Gasteiger partial charge is 0.410 e. The van der Waals surface area contributed by atoms with Crippen molar-refractivity contribution in [2.45, 2.75) is 31.2 Å². The standard InChI is InChI=1S/C21H20F3N5O2/c1-31-17-7-3-2-6-14(17)16-9-18(21(22,23)24)29-19(28-16)15(12-27-29)20(30)26-11-13-5-4-8-25-10-13/h2-8,10,12,16,18,28H,9,11H2,1H3,(H,26,30)/t16-,18+/m0/s1.